The van der Waals surface area contributed by atoms with Crippen molar-refractivity contribution < 1.29 is 4.39 Å². The molecule has 0 radical (unpaired) electrons. The molecule has 1 aromatic carbocycles. The maximum absolute atomic E-state index is 13.5. The molecule has 0 saturated heterocycles. The van der Waals surface area contributed by atoms with E-state index >= 15 is 0 Å². The number of nitrogens with two attached hydrogens (primary N) is 1. The predicted octanol–water partition coefficient (Wildman–Crippen LogP) is 3.75. The fraction of sp³-hybridized carbons (Fsp3) is 0.0833. The molecule has 2 nitrogen and oxygen atoms in total. The summed E-state index contributed by atoms with van der Waals surface area (Å²) in [6.07, 6.45) is 1.66. The van der Waals surface area contributed by atoms with Crippen LogP contribution < -0.4 is 5.73 Å². The quantitative estimate of drug-likeness (QED) is 0.862. The van der Waals surface area contributed by atoms with E-state index in [9.17, 15) is 4.39 Å². The molecular weight excluding hydrogens is 259 g/mol. The summed E-state index contributed by atoms with van der Waals surface area (Å²) in [5.74, 6) is 0.656. The molecule has 1 heterocycles. The molecule has 17 heavy (non-hydrogen) atoms. The third kappa shape index (κ3) is 3.11. The Morgan fingerprint density at radius 2 is 2.12 bits per heavy atom. The number of thioether (sulfide) groups is 1. The Balaban J connectivity index is 2.10. The first-order valence-electron chi connectivity index (χ1n) is 4.94. The van der Waals surface area contributed by atoms with Crippen molar-refractivity contribution in [2.75, 3.05) is 5.73 Å². The van der Waals surface area contributed by atoms with Gasteiger partial charge in [-0.25, -0.2) is 9.37 Å². The van der Waals surface area contributed by atoms with Crippen LogP contribution in [-0.4, -0.2) is 4.98 Å². The first-order chi connectivity index (χ1) is 8.16. The molecule has 0 spiro atoms. The molecule has 88 valence electrons. The van der Waals surface area contributed by atoms with Gasteiger partial charge in [0, 0.05) is 27.4 Å². The van der Waals surface area contributed by atoms with E-state index in [2.05, 4.69) is 4.98 Å². The highest BCUT2D eigenvalue weighted by Crippen LogP contribution is 2.28. The third-order valence-corrected chi connectivity index (χ3v) is 3.57. The first kappa shape index (κ1) is 12.2. The second-order valence-electron chi connectivity index (χ2n) is 3.41. The molecule has 0 aliphatic rings. The highest BCUT2D eigenvalue weighted by molar-refractivity contribution is 7.98. The molecule has 0 saturated carbocycles. The molecule has 5 heteroatoms. The van der Waals surface area contributed by atoms with Gasteiger partial charge in [-0.05, 0) is 24.3 Å². The summed E-state index contributed by atoms with van der Waals surface area (Å²) in [5.41, 5.74) is 5.99. The Morgan fingerprint density at radius 3 is 2.76 bits per heavy atom. The average Bonchev–Trinajstić information content (AvgIpc) is 2.31. The van der Waals surface area contributed by atoms with Crippen LogP contribution in [0.4, 0.5) is 10.2 Å². The second kappa shape index (κ2) is 5.38. The highest BCUT2D eigenvalue weighted by atomic mass is 35.5. The maximum atomic E-state index is 13.5. The number of nitrogens with zero attached hydrogens (tertiary/aromatic N) is 1. The molecule has 0 unspecified atom stereocenters. The lowest BCUT2D eigenvalue weighted by Crippen LogP contribution is -1.90. The van der Waals surface area contributed by atoms with Crippen molar-refractivity contribution in [3.8, 4) is 0 Å². The number of pyridine rings is 1. The van der Waals surface area contributed by atoms with E-state index in [4.69, 9.17) is 17.3 Å². The number of nitrogen functional groups attached to an aromatic ring is 1. The molecule has 0 fully saturated rings. The van der Waals surface area contributed by atoms with E-state index in [1.807, 2.05) is 6.07 Å². The lowest BCUT2D eigenvalue weighted by atomic mass is 10.2. The number of anilines is 1. The van der Waals surface area contributed by atoms with Crippen molar-refractivity contribution in [2.45, 2.75) is 10.6 Å². The number of hydrogen-bond acceptors (Lipinski definition) is 3. The van der Waals surface area contributed by atoms with Crippen molar-refractivity contribution >= 4 is 29.2 Å². The summed E-state index contributed by atoms with van der Waals surface area (Å²) in [4.78, 5) is 4.90. The zero-order valence-electron chi connectivity index (χ0n) is 8.86. The molecule has 0 aliphatic heterocycles. The van der Waals surface area contributed by atoms with E-state index in [1.165, 1.54) is 17.8 Å². The van der Waals surface area contributed by atoms with Crippen molar-refractivity contribution in [1.29, 1.82) is 0 Å². The van der Waals surface area contributed by atoms with Crippen molar-refractivity contribution in [1.82, 2.24) is 4.98 Å². The van der Waals surface area contributed by atoms with Crippen molar-refractivity contribution in [3.05, 3.63) is 52.9 Å². The summed E-state index contributed by atoms with van der Waals surface area (Å²) in [5, 5.41) is 0.445. The Hall–Kier alpha value is -1.26. The fourth-order valence-corrected chi connectivity index (χ4v) is 2.51. The van der Waals surface area contributed by atoms with Gasteiger partial charge in [-0.3, -0.25) is 0 Å². The third-order valence-electron chi connectivity index (χ3n) is 2.20. The highest BCUT2D eigenvalue weighted by Gasteiger charge is 2.07. The van der Waals surface area contributed by atoms with Gasteiger partial charge in [0.2, 0.25) is 0 Å². The largest absolute Gasteiger partial charge is 0.384 e. The Labute approximate surface area is 108 Å². The van der Waals surface area contributed by atoms with Gasteiger partial charge in [-0.2, -0.15) is 0 Å². The number of rotatable bonds is 3. The van der Waals surface area contributed by atoms with Crippen LogP contribution in [0, 0.1) is 5.82 Å². The first-order valence-corrected chi connectivity index (χ1v) is 6.30. The van der Waals surface area contributed by atoms with Gasteiger partial charge < -0.3 is 5.73 Å². The van der Waals surface area contributed by atoms with Gasteiger partial charge in [-0.1, -0.05) is 17.7 Å². The average molecular weight is 269 g/mol. The second-order valence-corrected chi connectivity index (χ2v) is 4.86. The van der Waals surface area contributed by atoms with Gasteiger partial charge >= 0.3 is 0 Å². The summed E-state index contributed by atoms with van der Waals surface area (Å²) in [6, 6.07) is 8.24. The van der Waals surface area contributed by atoms with Crippen LogP contribution in [0.3, 0.4) is 0 Å². The van der Waals surface area contributed by atoms with E-state index in [0.29, 0.717) is 22.2 Å². The maximum Gasteiger partial charge on any atom is 0.128 e. The molecule has 2 aromatic rings. The molecular formula is C12H10ClFN2S. The summed E-state index contributed by atoms with van der Waals surface area (Å²) >= 11 is 7.40. The zero-order chi connectivity index (χ0) is 12.3. The minimum absolute atomic E-state index is 0.284. The minimum atomic E-state index is -0.284. The van der Waals surface area contributed by atoms with Gasteiger partial charge in [0.1, 0.15) is 11.6 Å². The van der Waals surface area contributed by atoms with Gasteiger partial charge in [0.05, 0.1) is 0 Å². The normalized spacial score (nSPS) is 10.5. The molecule has 0 amide bonds. The summed E-state index contributed by atoms with van der Waals surface area (Å²) in [7, 11) is 0. The molecule has 2 rings (SSSR count). The monoisotopic (exact) mass is 268 g/mol. The van der Waals surface area contributed by atoms with Crippen molar-refractivity contribution in [3.63, 3.8) is 0 Å². The van der Waals surface area contributed by atoms with Gasteiger partial charge in [0.15, 0.2) is 0 Å². The van der Waals surface area contributed by atoms with Crippen LogP contribution in [0.25, 0.3) is 0 Å². The van der Waals surface area contributed by atoms with Crippen LogP contribution >= 0.6 is 23.4 Å². The molecule has 0 aliphatic carbocycles. The van der Waals surface area contributed by atoms with Crippen LogP contribution in [0.2, 0.25) is 5.02 Å². The number of benzene rings is 1. The smallest absolute Gasteiger partial charge is 0.128 e. The Morgan fingerprint density at radius 1 is 1.29 bits per heavy atom. The molecule has 1 aromatic heterocycles. The van der Waals surface area contributed by atoms with Crippen LogP contribution in [0.5, 0.6) is 0 Å². The molecule has 0 bridgehead atoms. The molecule has 0 atom stereocenters. The molecule has 2 N–H and O–H groups in total. The van der Waals surface area contributed by atoms with E-state index < -0.39 is 0 Å². The zero-order valence-corrected chi connectivity index (χ0v) is 10.4. The fourth-order valence-electron chi connectivity index (χ4n) is 1.30. The number of hydrogen-bond donors (Lipinski definition) is 1. The van der Waals surface area contributed by atoms with Crippen molar-refractivity contribution in [2.24, 2.45) is 0 Å². The predicted molar refractivity (Wildman–Crippen MR) is 69.6 cm³/mol. The van der Waals surface area contributed by atoms with Gasteiger partial charge in [0.25, 0.3) is 0 Å². The summed E-state index contributed by atoms with van der Waals surface area (Å²) < 4.78 is 13.5. The van der Waals surface area contributed by atoms with E-state index in [0.717, 1.165) is 4.90 Å². The van der Waals surface area contributed by atoms with Crippen LogP contribution in [-0.2, 0) is 5.75 Å². The SMILES string of the molecule is Nc1ccc(SCc2c(F)cccc2Cl)cn1. The Bertz CT molecular complexity index is 496. The Kier molecular flexibility index (Phi) is 3.86. The van der Waals surface area contributed by atoms with Crippen LogP contribution in [0.1, 0.15) is 5.56 Å². The minimum Gasteiger partial charge on any atom is -0.384 e. The number of aromatic nitrogens is 1. The van der Waals surface area contributed by atoms with E-state index in [-0.39, 0.29) is 5.82 Å². The van der Waals surface area contributed by atoms with Gasteiger partial charge in [-0.15, -0.1) is 11.8 Å². The standard InChI is InChI=1S/C12H10ClFN2S/c13-10-2-1-3-11(14)9(10)7-17-8-4-5-12(15)16-6-8/h1-6H,7H2,(H2,15,16). The van der Waals surface area contributed by atoms with Crippen LogP contribution in [0.15, 0.2) is 41.4 Å². The lowest BCUT2D eigenvalue weighted by molar-refractivity contribution is 0.617. The lowest BCUT2D eigenvalue weighted by Gasteiger charge is -2.05. The topological polar surface area (TPSA) is 38.9 Å². The number of halogens is 2. The van der Waals surface area contributed by atoms with E-state index in [1.54, 1.807) is 24.4 Å². The summed E-state index contributed by atoms with van der Waals surface area (Å²) in [6.45, 7) is 0.